The highest BCUT2D eigenvalue weighted by Crippen LogP contribution is 2.41. The predicted molar refractivity (Wildman–Crippen MR) is 115 cm³/mol. The second-order valence-electron chi connectivity index (χ2n) is 9.44. The molecule has 0 saturated carbocycles. The van der Waals surface area contributed by atoms with Gasteiger partial charge in [-0.1, -0.05) is 39.9 Å². The third-order valence-corrected chi connectivity index (χ3v) is 12.0. The van der Waals surface area contributed by atoms with Crippen molar-refractivity contribution in [2.24, 2.45) is 0 Å². The van der Waals surface area contributed by atoms with Crippen LogP contribution in [0.1, 0.15) is 63.0 Å². The summed E-state index contributed by atoms with van der Waals surface area (Å²) < 4.78 is 5.49. The number of hydrogen-bond acceptors (Lipinski definition) is 3. The van der Waals surface area contributed by atoms with E-state index in [2.05, 4.69) is 43.7 Å². The van der Waals surface area contributed by atoms with Crippen LogP contribution < -0.4 is 0 Å². The largest absolute Gasteiger partial charge is 0.381 e. The van der Waals surface area contributed by atoms with Gasteiger partial charge in [0.25, 0.3) is 5.91 Å². The molecule has 5 heteroatoms. The van der Waals surface area contributed by atoms with Crippen molar-refractivity contribution in [3.05, 3.63) is 29.6 Å². The number of likely N-dealkylation sites (tertiary alicyclic amines) is 1. The molecule has 0 aromatic carbocycles. The zero-order valence-electron chi connectivity index (χ0n) is 18.2. The molecule has 1 aliphatic heterocycles. The highest BCUT2D eigenvalue weighted by molar-refractivity contribution is 6.80. The van der Waals surface area contributed by atoms with E-state index in [0.29, 0.717) is 30.0 Å². The maximum Gasteiger partial charge on any atom is 0.272 e. The maximum absolute atomic E-state index is 13.4. The minimum Gasteiger partial charge on any atom is -0.381 e. The Kier molecular flexibility index (Phi) is 7.63. The van der Waals surface area contributed by atoms with Gasteiger partial charge in [0.2, 0.25) is 0 Å². The monoisotopic (exact) mass is 390 g/mol. The number of nitrogens with zero attached hydrogens (tertiary/aromatic N) is 2. The zero-order chi connectivity index (χ0) is 20.1. The number of amides is 1. The van der Waals surface area contributed by atoms with Gasteiger partial charge in [-0.3, -0.25) is 9.78 Å². The molecule has 1 fully saturated rings. The number of pyridine rings is 1. The normalized spacial score (nSPS) is 18.6. The van der Waals surface area contributed by atoms with Crippen molar-refractivity contribution in [3.8, 4) is 0 Å². The molecular weight excluding hydrogens is 352 g/mol. The van der Waals surface area contributed by atoms with E-state index in [1.807, 2.05) is 19.1 Å². The van der Waals surface area contributed by atoms with Crippen LogP contribution in [0.5, 0.6) is 0 Å². The molecule has 4 nitrogen and oxygen atoms in total. The topological polar surface area (TPSA) is 42.4 Å². The van der Waals surface area contributed by atoms with Crippen molar-refractivity contribution in [2.45, 2.75) is 83.6 Å². The van der Waals surface area contributed by atoms with Crippen molar-refractivity contribution in [1.82, 2.24) is 9.88 Å². The summed E-state index contributed by atoms with van der Waals surface area (Å²) in [6, 6.07) is 5.46. The fourth-order valence-corrected chi connectivity index (χ4v) is 5.89. The van der Waals surface area contributed by atoms with Crippen LogP contribution in [0, 0.1) is 0 Å². The van der Waals surface area contributed by atoms with E-state index in [9.17, 15) is 4.79 Å². The Morgan fingerprint density at radius 3 is 2.74 bits per heavy atom. The van der Waals surface area contributed by atoms with Crippen LogP contribution in [0.25, 0.3) is 0 Å². The first-order valence-corrected chi connectivity index (χ1v) is 13.7. The molecule has 1 aliphatic rings. The number of aromatic nitrogens is 1. The van der Waals surface area contributed by atoms with E-state index in [0.717, 1.165) is 31.4 Å². The molecule has 1 aromatic rings. The molecular formula is C22H38N2O2Si. The summed E-state index contributed by atoms with van der Waals surface area (Å²) >= 11 is 0. The number of hydrogen-bond donors (Lipinski definition) is 0. The van der Waals surface area contributed by atoms with Gasteiger partial charge >= 0.3 is 0 Å². The van der Waals surface area contributed by atoms with Gasteiger partial charge in [-0.15, -0.1) is 0 Å². The number of carbonyl (C=O) groups excluding carboxylic acids is 1. The minimum absolute atomic E-state index is 0.116. The number of piperidine rings is 1. The lowest BCUT2D eigenvalue weighted by atomic mass is 10.0. The molecule has 1 aromatic heterocycles. The Labute approximate surface area is 166 Å². The average Bonchev–Trinajstić information content (AvgIpc) is 2.61. The maximum atomic E-state index is 13.4. The van der Waals surface area contributed by atoms with E-state index < -0.39 is 8.07 Å². The average molecular weight is 391 g/mol. The highest BCUT2D eigenvalue weighted by Gasteiger charge is 2.40. The van der Waals surface area contributed by atoms with E-state index in [1.165, 1.54) is 12.5 Å². The van der Waals surface area contributed by atoms with E-state index in [-0.39, 0.29) is 5.91 Å². The fraction of sp³-hybridized carbons (Fsp3) is 0.727. The molecule has 1 amide bonds. The van der Waals surface area contributed by atoms with Gasteiger partial charge in [-0.05, 0) is 55.3 Å². The van der Waals surface area contributed by atoms with Gasteiger partial charge in [-0.25, -0.2) is 0 Å². The number of ether oxygens (including phenoxy) is 1. The molecule has 2 rings (SSSR count). The summed E-state index contributed by atoms with van der Waals surface area (Å²) in [5.41, 5.74) is 1.63. The van der Waals surface area contributed by atoms with Crippen molar-refractivity contribution in [2.75, 3.05) is 19.8 Å². The standard InChI is InChI=1S/C22H38N2O2Si/c1-7-26-16-13-18-11-10-14-23-20(18)21(25)24-15-9-8-12-19(24)17-27(5,6)22(2,3)4/h10-11,14,19H,7-9,12-13,15-17H2,1-6H3/t19-/m0/s1. The van der Waals surface area contributed by atoms with E-state index in [1.54, 1.807) is 6.20 Å². The number of rotatable bonds is 7. The molecule has 0 radical (unpaired) electrons. The molecule has 2 heterocycles. The van der Waals surface area contributed by atoms with Gasteiger partial charge in [0.1, 0.15) is 5.69 Å². The van der Waals surface area contributed by atoms with Crippen molar-refractivity contribution in [1.29, 1.82) is 0 Å². The van der Waals surface area contributed by atoms with Crippen molar-refractivity contribution in [3.63, 3.8) is 0 Å². The Morgan fingerprint density at radius 2 is 2.07 bits per heavy atom. The lowest BCUT2D eigenvalue weighted by Gasteiger charge is -2.44. The molecule has 1 atom stereocenters. The first kappa shape index (κ1) is 22.1. The molecule has 152 valence electrons. The van der Waals surface area contributed by atoms with Crippen LogP contribution in [0.3, 0.4) is 0 Å². The van der Waals surface area contributed by atoms with E-state index >= 15 is 0 Å². The third-order valence-electron chi connectivity index (χ3n) is 6.48. The first-order chi connectivity index (χ1) is 12.7. The Hall–Kier alpha value is -1.20. The van der Waals surface area contributed by atoms with Crippen molar-refractivity contribution >= 4 is 14.0 Å². The van der Waals surface area contributed by atoms with Crippen LogP contribution in [0.15, 0.2) is 18.3 Å². The summed E-state index contributed by atoms with van der Waals surface area (Å²) in [6.45, 7) is 16.2. The summed E-state index contributed by atoms with van der Waals surface area (Å²) in [6.07, 6.45) is 5.93. The van der Waals surface area contributed by atoms with Crippen molar-refractivity contribution < 1.29 is 9.53 Å². The lowest BCUT2D eigenvalue weighted by Crippen LogP contribution is -2.50. The third kappa shape index (κ3) is 5.64. The smallest absolute Gasteiger partial charge is 0.272 e. The van der Waals surface area contributed by atoms with Gasteiger partial charge in [0.15, 0.2) is 0 Å². The molecule has 0 N–H and O–H groups in total. The molecule has 0 spiro atoms. The van der Waals surface area contributed by atoms with Gasteiger partial charge in [-0.2, -0.15) is 0 Å². The van der Waals surface area contributed by atoms with Crippen LogP contribution >= 0.6 is 0 Å². The Balaban J connectivity index is 2.20. The van der Waals surface area contributed by atoms with Gasteiger partial charge in [0.05, 0.1) is 14.7 Å². The predicted octanol–water partition coefficient (Wildman–Crippen LogP) is 5.16. The molecule has 0 unspecified atom stereocenters. The van der Waals surface area contributed by atoms with Gasteiger partial charge in [0, 0.05) is 25.4 Å². The SMILES string of the molecule is CCOCCc1cccnc1C(=O)N1CCCC[C@H]1C[Si](C)(C)C(C)(C)C. The van der Waals surface area contributed by atoms with E-state index in [4.69, 9.17) is 4.74 Å². The minimum atomic E-state index is -1.45. The summed E-state index contributed by atoms with van der Waals surface area (Å²) in [4.78, 5) is 20.0. The molecule has 1 saturated heterocycles. The molecule has 0 aliphatic carbocycles. The summed E-state index contributed by atoms with van der Waals surface area (Å²) in [5, 5.41) is 0.340. The summed E-state index contributed by atoms with van der Waals surface area (Å²) in [7, 11) is -1.45. The molecule has 0 bridgehead atoms. The highest BCUT2D eigenvalue weighted by atomic mass is 28.3. The van der Waals surface area contributed by atoms with Crippen LogP contribution in [0.2, 0.25) is 24.2 Å². The first-order valence-electron chi connectivity index (χ1n) is 10.5. The lowest BCUT2D eigenvalue weighted by molar-refractivity contribution is 0.0625. The number of carbonyl (C=O) groups is 1. The fourth-order valence-electron chi connectivity index (χ4n) is 3.67. The Morgan fingerprint density at radius 1 is 1.33 bits per heavy atom. The second-order valence-corrected chi connectivity index (χ2v) is 15.1. The van der Waals surface area contributed by atoms with Crippen LogP contribution in [0.4, 0.5) is 0 Å². The molecule has 27 heavy (non-hydrogen) atoms. The van der Waals surface area contributed by atoms with Crippen LogP contribution in [-0.4, -0.2) is 49.7 Å². The Bertz CT molecular complexity index is 625. The zero-order valence-corrected chi connectivity index (χ0v) is 19.2. The summed E-state index contributed by atoms with van der Waals surface area (Å²) in [5.74, 6) is 0.116. The quantitative estimate of drug-likeness (QED) is 0.477. The second kappa shape index (κ2) is 9.33. The van der Waals surface area contributed by atoms with Crippen LogP contribution in [-0.2, 0) is 11.2 Å². The van der Waals surface area contributed by atoms with Gasteiger partial charge < -0.3 is 9.64 Å².